The number of carbonyl (C=O) groups excluding carboxylic acids is 3. The second-order valence-electron chi connectivity index (χ2n) is 20.6. The SMILES string of the molecule is CCCCC/C=C\C/C=C\C/C=C\CCCCCCCCC(=O)OCC(COC1OC(C(=O)O)C(O)C(O)C1OC(=O)CCCCCCCCCCCCC)OC(=O)CCCCCCC/C=C\C/C=C\CCCCC. The molecule has 3 N–H and O–H groups in total. The Morgan fingerprint density at radius 1 is 0.440 bits per heavy atom. The largest absolute Gasteiger partial charge is 0.479 e. The lowest BCUT2D eigenvalue weighted by Crippen LogP contribution is -2.61. The number of unbranched alkanes of at least 4 members (excludes halogenated alkanes) is 27. The van der Waals surface area contributed by atoms with Crippen LogP contribution in [0.3, 0.4) is 0 Å². The van der Waals surface area contributed by atoms with Crippen molar-refractivity contribution in [3.8, 4) is 0 Å². The van der Waals surface area contributed by atoms with Gasteiger partial charge in [0.2, 0.25) is 0 Å². The summed E-state index contributed by atoms with van der Waals surface area (Å²) in [6.45, 7) is 5.91. The van der Waals surface area contributed by atoms with Crippen LogP contribution in [0, 0.1) is 0 Å². The van der Waals surface area contributed by atoms with E-state index in [4.69, 9.17) is 23.7 Å². The van der Waals surface area contributed by atoms with Crippen molar-refractivity contribution in [3.63, 3.8) is 0 Å². The lowest BCUT2D eigenvalue weighted by molar-refractivity contribution is -0.301. The number of rotatable bonds is 51. The molecule has 0 radical (unpaired) electrons. The molecule has 0 aromatic heterocycles. The molecule has 1 heterocycles. The molecule has 6 unspecified atom stereocenters. The average Bonchev–Trinajstić information content (AvgIpc) is 3.39. The monoisotopic (exact) mass is 1060 g/mol. The van der Waals surface area contributed by atoms with Gasteiger partial charge in [0.25, 0.3) is 0 Å². The van der Waals surface area contributed by atoms with Crippen molar-refractivity contribution in [1.82, 2.24) is 0 Å². The number of aliphatic carboxylic acids is 1. The molecule has 1 rings (SSSR count). The maximum atomic E-state index is 13.1. The van der Waals surface area contributed by atoms with Crippen LogP contribution in [-0.4, -0.2) is 89.2 Å². The number of carbonyl (C=O) groups is 4. The summed E-state index contributed by atoms with van der Waals surface area (Å²) < 4.78 is 28.4. The highest BCUT2D eigenvalue weighted by Crippen LogP contribution is 2.26. The Balaban J connectivity index is 2.69. The van der Waals surface area contributed by atoms with E-state index in [2.05, 4.69) is 81.5 Å². The van der Waals surface area contributed by atoms with Crippen LogP contribution >= 0.6 is 0 Å². The van der Waals surface area contributed by atoms with E-state index in [0.29, 0.717) is 19.3 Å². The van der Waals surface area contributed by atoms with Gasteiger partial charge < -0.3 is 39.0 Å². The summed E-state index contributed by atoms with van der Waals surface area (Å²) in [6, 6.07) is 0. The molecular formula is C63H108O12. The van der Waals surface area contributed by atoms with E-state index >= 15 is 0 Å². The number of ether oxygens (including phenoxy) is 5. The number of carboxylic acid groups (broad SMARTS) is 1. The van der Waals surface area contributed by atoms with Crippen molar-refractivity contribution < 1.29 is 58.2 Å². The topological polar surface area (TPSA) is 175 Å². The molecule has 0 saturated carbocycles. The number of esters is 3. The summed E-state index contributed by atoms with van der Waals surface area (Å²) >= 11 is 0. The van der Waals surface area contributed by atoms with E-state index in [9.17, 15) is 34.5 Å². The van der Waals surface area contributed by atoms with Gasteiger partial charge in [-0.3, -0.25) is 14.4 Å². The molecule has 0 spiro atoms. The van der Waals surface area contributed by atoms with Crippen molar-refractivity contribution >= 4 is 23.9 Å². The fourth-order valence-electron chi connectivity index (χ4n) is 8.88. The summed E-state index contributed by atoms with van der Waals surface area (Å²) in [5, 5.41) is 31.4. The summed E-state index contributed by atoms with van der Waals surface area (Å²) in [4.78, 5) is 51.1. The predicted octanol–water partition coefficient (Wildman–Crippen LogP) is 15.6. The van der Waals surface area contributed by atoms with Gasteiger partial charge in [-0.05, 0) is 89.9 Å². The zero-order valence-corrected chi connectivity index (χ0v) is 47.5. The van der Waals surface area contributed by atoms with Crippen molar-refractivity contribution in [2.75, 3.05) is 13.2 Å². The molecule has 0 aliphatic carbocycles. The predicted molar refractivity (Wildman–Crippen MR) is 303 cm³/mol. The Morgan fingerprint density at radius 3 is 1.24 bits per heavy atom. The minimum atomic E-state index is -1.90. The van der Waals surface area contributed by atoms with Gasteiger partial charge in [0, 0.05) is 19.3 Å². The first-order valence-corrected chi connectivity index (χ1v) is 30.3. The van der Waals surface area contributed by atoms with E-state index in [0.717, 1.165) is 122 Å². The van der Waals surface area contributed by atoms with Crippen LogP contribution in [-0.2, 0) is 42.9 Å². The third-order valence-corrected chi connectivity index (χ3v) is 13.6. The van der Waals surface area contributed by atoms with Crippen LogP contribution in [0.1, 0.15) is 265 Å². The Labute approximate surface area is 456 Å². The summed E-state index contributed by atoms with van der Waals surface area (Å²) in [6.07, 6.45) is 50.4. The molecule has 6 atom stereocenters. The molecule has 1 saturated heterocycles. The minimum absolute atomic E-state index is 0.0591. The first-order chi connectivity index (χ1) is 36.6. The zero-order valence-electron chi connectivity index (χ0n) is 47.5. The van der Waals surface area contributed by atoms with Crippen LogP contribution < -0.4 is 0 Å². The highest BCUT2D eigenvalue weighted by molar-refractivity contribution is 5.74. The molecule has 12 heteroatoms. The maximum Gasteiger partial charge on any atom is 0.335 e. The number of allylic oxidation sites excluding steroid dienone is 10. The molecule has 0 aromatic rings. The Hall–Kier alpha value is -3.58. The summed E-state index contributed by atoms with van der Waals surface area (Å²) in [7, 11) is 0. The van der Waals surface area contributed by atoms with Crippen molar-refractivity contribution in [2.24, 2.45) is 0 Å². The molecule has 75 heavy (non-hydrogen) atoms. The second-order valence-corrected chi connectivity index (χ2v) is 20.6. The summed E-state index contributed by atoms with van der Waals surface area (Å²) in [5.74, 6) is -3.14. The van der Waals surface area contributed by atoms with Crippen molar-refractivity contribution in [1.29, 1.82) is 0 Å². The second kappa shape index (κ2) is 51.2. The molecule has 0 amide bonds. The first-order valence-electron chi connectivity index (χ1n) is 30.3. The quantitative estimate of drug-likeness (QED) is 0.0228. The molecular weight excluding hydrogens is 949 g/mol. The smallest absolute Gasteiger partial charge is 0.335 e. The van der Waals surface area contributed by atoms with E-state index in [1.165, 1.54) is 83.5 Å². The number of carboxylic acids is 1. The van der Waals surface area contributed by atoms with Crippen LogP contribution in [0.5, 0.6) is 0 Å². The molecule has 12 nitrogen and oxygen atoms in total. The van der Waals surface area contributed by atoms with Crippen LogP contribution in [0.4, 0.5) is 0 Å². The maximum absolute atomic E-state index is 13.1. The van der Waals surface area contributed by atoms with Gasteiger partial charge in [0.05, 0.1) is 6.61 Å². The van der Waals surface area contributed by atoms with Crippen LogP contribution in [0.15, 0.2) is 60.8 Å². The van der Waals surface area contributed by atoms with E-state index in [1.807, 2.05) is 0 Å². The number of hydrogen-bond donors (Lipinski definition) is 3. The van der Waals surface area contributed by atoms with E-state index in [1.54, 1.807) is 0 Å². The average molecular weight is 1060 g/mol. The van der Waals surface area contributed by atoms with Gasteiger partial charge in [-0.25, -0.2) is 4.79 Å². The number of hydrogen-bond acceptors (Lipinski definition) is 11. The van der Waals surface area contributed by atoms with Gasteiger partial charge in [-0.2, -0.15) is 0 Å². The highest BCUT2D eigenvalue weighted by atomic mass is 16.7. The standard InChI is InChI=1S/C63H108O12/c1-4-7-10-13-16-19-22-24-26-27-28-29-31-32-35-37-40-43-46-49-55(64)71-52-54(73-56(65)50-47-44-41-39-36-33-30-25-23-20-17-14-11-8-5-2)53-72-63-61(59(68)58(67)60(75-63)62(69)70)74-57(66)51-48-45-42-38-34-21-18-15-12-9-6-3/h16-17,19-20,24-26,28-30,54,58-61,63,67-68H,4-15,18,21-23,27,31-53H2,1-3H3,(H,69,70)/b19-16-,20-17-,26-24-,29-28-,30-25-. The lowest BCUT2D eigenvalue weighted by Gasteiger charge is -2.40. The van der Waals surface area contributed by atoms with Gasteiger partial charge in [-0.15, -0.1) is 0 Å². The normalized spacial score (nSPS) is 18.5. The fraction of sp³-hybridized carbons (Fsp3) is 0.778. The van der Waals surface area contributed by atoms with Crippen molar-refractivity contribution in [3.05, 3.63) is 60.8 Å². The van der Waals surface area contributed by atoms with E-state index < -0.39 is 67.3 Å². The minimum Gasteiger partial charge on any atom is -0.479 e. The lowest BCUT2D eigenvalue weighted by atomic mass is 9.98. The van der Waals surface area contributed by atoms with Crippen LogP contribution in [0.2, 0.25) is 0 Å². The molecule has 1 fully saturated rings. The Morgan fingerprint density at radius 2 is 0.800 bits per heavy atom. The van der Waals surface area contributed by atoms with Crippen molar-refractivity contribution in [2.45, 2.75) is 302 Å². The number of aliphatic hydroxyl groups excluding tert-OH is 2. The van der Waals surface area contributed by atoms with Gasteiger partial charge in [0.15, 0.2) is 24.6 Å². The molecule has 1 aliphatic rings. The Bertz CT molecular complexity index is 1540. The fourth-order valence-corrected chi connectivity index (χ4v) is 8.88. The highest BCUT2D eigenvalue weighted by Gasteiger charge is 2.50. The third-order valence-electron chi connectivity index (χ3n) is 13.6. The first kappa shape index (κ1) is 69.4. The molecule has 1 aliphatic heterocycles. The number of aliphatic hydroxyl groups is 2. The summed E-state index contributed by atoms with van der Waals surface area (Å²) in [5.41, 5.74) is 0. The van der Waals surface area contributed by atoms with Crippen LogP contribution in [0.25, 0.3) is 0 Å². The molecule has 0 aromatic carbocycles. The van der Waals surface area contributed by atoms with Gasteiger partial charge in [0.1, 0.15) is 18.8 Å². The Kier molecular flexibility index (Phi) is 47.4. The van der Waals surface area contributed by atoms with Gasteiger partial charge >= 0.3 is 23.9 Å². The van der Waals surface area contributed by atoms with E-state index in [-0.39, 0.29) is 25.9 Å². The third kappa shape index (κ3) is 41.2. The van der Waals surface area contributed by atoms with Gasteiger partial charge in [-0.1, -0.05) is 216 Å². The zero-order chi connectivity index (χ0) is 54.7. The molecule has 432 valence electrons. The molecule has 0 bridgehead atoms.